The van der Waals surface area contributed by atoms with Gasteiger partial charge in [-0.05, 0) is 24.0 Å². The number of aliphatic carboxylic acids is 1. The molecular weight excluding hydrogens is 276 g/mol. The smallest absolute Gasteiger partial charge is 0.326 e. The van der Waals surface area contributed by atoms with E-state index in [-0.39, 0.29) is 12.1 Å². The number of carbonyl (C=O) groups excluding carboxylic acids is 1. The molecule has 6 heteroatoms. The van der Waals surface area contributed by atoms with Crippen LogP contribution in [0.25, 0.3) is 0 Å². The highest BCUT2D eigenvalue weighted by atomic mass is 32.2. The zero-order valence-corrected chi connectivity index (χ0v) is 13.5. The van der Waals surface area contributed by atoms with E-state index >= 15 is 0 Å². The Morgan fingerprint density at radius 1 is 1.35 bits per heavy atom. The van der Waals surface area contributed by atoms with Gasteiger partial charge in [-0.15, -0.1) is 0 Å². The molecule has 0 heterocycles. The number of thioether (sulfide) groups is 1. The number of hydrogen-bond donors (Lipinski definition) is 3. The molecule has 2 unspecified atom stereocenters. The van der Waals surface area contributed by atoms with Crippen LogP contribution in [-0.2, 0) is 4.79 Å². The molecule has 116 valence electrons. The van der Waals surface area contributed by atoms with Gasteiger partial charge in [-0.2, -0.15) is 11.8 Å². The van der Waals surface area contributed by atoms with E-state index in [0.717, 1.165) is 25.0 Å². The molecule has 0 aromatic rings. The molecule has 1 aliphatic carbocycles. The van der Waals surface area contributed by atoms with Crippen LogP contribution in [0.3, 0.4) is 0 Å². The maximum atomic E-state index is 12.0. The standard InChI is InChI=1S/C14H26N2O3S/c1-5-20-10-8-6-7-9(10)15-13(19)16-11(12(17)18)14(2,3)4/h9-11H,5-8H2,1-4H3,(H,17,18)(H2,15,16,19)/t9?,10?,11-/m1/s1. The topological polar surface area (TPSA) is 78.4 Å². The lowest BCUT2D eigenvalue weighted by Crippen LogP contribution is -2.54. The summed E-state index contributed by atoms with van der Waals surface area (Å²) in [5.74, 6) is 0.0306. The van der Waals surface area contributed by atoms with Crippen LogP contribution in [-0.4, -0.2) is 40.2 Å². The minimum absolute atomic E-state index is 0.148. The van der Waals surface area contributed by atoms with E-state index in [1.165, 1.54) is 0 Å². The van der Waals surface area contributed by atoms with Crippen molar-refractivity contribution >= 4 is 23.8 Å². The molecule has 0 bridgehead atoms. The molecule has 1 aliphatic rings. The second kappa shape index (κ2) is 7.20. The minimum atomic E-state index is -1.00. The Morgan fingerprint density at radius 3 is 2.50 bits per heavy atom. The molecule has 3 atom stereocenters. The van der Waals surface area contributed by atoms with Crippen LogP contribution in [0.2, 0.25) is 0 Å². The quantitative estimate of drug-likeness (QED) is 0.729. The van der Waals surface area contributed by atoms with Crippen molar-refractivity contribution in [3.8, 4) is 0 Å². The molecule has 0 saturated heterocycles. The highest BCUT2D eigenvalue weighted by Gasteiger charge is 2.34. The Kier molecular flexibility index (Phi) is 6.17. The van der Waals surface area contributed by atoms with Crippen LogP contribution in [0, 0.1) is 5.41 Å². The molecule has 3 N–H and O–H groups in total. The van der Waals surface area contributed by atoms with Crippen LogP contribution >= 0.6 is 11.8 Å². The molecule has 5 nitrogen and oxygen atoms in total. The number of nitrogens with one attached hydrogen (secondary N) is 2. The first-order chi connectivity index (χ1) is 9.25. The van der Waals surface area contributed by atoms with Crippen LogP contribution in [0.1, 0.15) is 47.0 Å². The minimum Gasteiger partial charge on any atom is -0.480 e. The summed E-state index contributed by atoms with van der Waals surface area (Å²) in [5.41, 5.74) is -0.517. The van der Waals surface area contributed by atoms with Gasteiger partial charge in [-0.25, -0.2) is 9.59 Å². The number of carboxylic acids is 1. The Hall–Kier alpha value is -0.910. The Bertz CT molecular complexity index is 355. The van der Waals surface area contributed by atoms with E-state index in [2.05, 4.69) is 17.6 Å². The highest BCUT2D eigenvalue weighted by Crippen LogP contribution is 2.29. The lowest BCUT2D eigenvalue weighted by Gasteiger charge is -2.29. The van der Waals surface area contributed by atoms with Gasteiger partial charge in [0.25, 0.3) is 0 Å². The Balaban J connectivity index is 2.56. The first kappa shape index (κ1) is 17.1. The highest BCUT2D eigenvalue weighted by molar-refractivity contribution is 7.99. The Morgan fingerprint density at radius 2 is 2.00 bits per heavy atom. The molecule has 1 fully saturated rings. The van der Waals surface area contributed by atoms with Crippen LogP contribution in [0.15, 0.2) is 0 Å². The maximum Gasteiger partial charge on any atom is 0.326 e. The second-order valence-electron chi connectivity index (χ2n) is 6.29. The lowest BCUT2D eigenvalue weighted by atomic mass is 9.87. The van der Waals surface area contributed by atoms with Crippen molar-refractivity contribution in [1.29, 1.82) is 0 Å². The van der Waals surface area contributed by atoms with Crippen molar-refractivity contribution in [2.75, 3.05) is 5.75 Å². The van der Waals surface area contributed by atoms with Gasteiger partial charge in [-0.3, -0.25) is 0 Å². The van der Waals surface area contributed by atoms with Gasteiger partial charge < -0.3 is 15.7 Å². The fraction of sp³-hybridized carbons (Fsp3) is 0.857. The van der Waals surface area contributed by atoms with Crippen molar-refractivity contribution in [3.63, 3.8) is 0 Å². The largest absolute Gasteiger partial charge is 0.480 e. The summed E-state index contributed by atoms with van der Waals surface area (Å²) in [6.45, 7) is 7.52. The van der Waals surface area contributed by atoms with Crippen LogP contribution in [0.4, 0.5) is 4.79 Å². The molecule has 1 rings (SSSR count). The fourth-order valence-corrected chi connectivity index (χ4v) is 3.69. The van der Waals surface area contributed by atoms with Crippen LogP contribution < -0.4 is 10.6 Å². The number of carboxylic acid groups (broad SMARTS) is 1. The number of urea groups is 1. The summed E-state index contributed by atoms with van der Waals surface area (Å²) in [6.07, 6.45) is 3.20. The summed E-state index contributed by atoms with van der Waals surface area (Å²) in [4.78, 5) is 23.3. The fourth-order valence-electron chi connectivity index (χ4n) is 2.49. The molecule has 1 saturated carbocycles. The predicted molar refractivity (Wildman–Crippen MR) is 82.1 cm³/mol. The average molecular weight is 302 g/mol. The van der Waals surface area contributed by atoms with Crippen molar-refractivity contribution in [1.82, 2.24) is 10.6 Å². The number of amides is 2. The summed E-state index contributed by atoms with van der Waals surface area (Å²) in [5, 5.41) is 15.2. The predicted octanol–water partition coefficient (Wildman–Crippen LogP) is 2.46. The summed E-state index contributed by atoms with van der Waals surface area (Å²) < 4.78 is 0. The molecule has 0 radical (unpaired) electrons. The van der Waals surface area contributed by atoms with Crippen molar-refractivity contribution in [3.05, 3.63) is 0 Å². The second-order valence-corrected chi connectivity index (χ2v) is 7.80. The summed E-state index contributed by atoms with van der Waals surface area (Å²) in [6, 6.07) is -1.11. The van der Waals surface area contributed by atoms with E-state index in [1.54, 1.807) is 20.8 Å². The van der Waals surface area contributed by atoms with Gasteiger partial charge in [0, 0.05) is 11.3 Å². The van der Waals surface area contributed by atoms with Crippen molar-refractivity contribution in [2.24, 2.45) is 5.41 Å². The zero-order chi connectivity index (χ0) is 15.3. The number of rotatable bonds is 5. The normalized spacial score (nSPS) is 24.2. The van der Waals surface area contributed by atoms with Gasteiger partial charge in [0.2, 0.25) is 0 Å². The monoisotopic (exact) mass is 302 g/mol. The number of hydrogen-bond acceptors (Lipinski definition) is 3. The number of carbonyl (C=O) groups is 2. The van der Waals surface area contributed by atoms with Gasteiger partial charge in [0.05, 0.1) is 0 Å². The van der Waals surface area contributed by atoms with E-state index in [1.807, 2.05) is 11.8 Å². The SMILES string of the molecule is CCSC1CCCC1NC(=O)N[C@H](C(=O)O)C(C)(C)C. The van der Waals surface area contributed by atoms with Gasteiger partial charge in [0.15, 0.2) is 0 Å². The molecule has 20 heavy (non-hydrogen) atoms. The molecule has 0 aliphatic heterocycles. The van der Waals surface area contributed by atoms with E-state index < -0.39 is 17.4 Å². The average Bonchev–Trinajstić information content (AvgIpc) is 2.72. The third-order valence-electron chi connectivity index (χ3n) is 3.54. The van der Waals surface area contributed by atoms with Crippen LogP contribution in [0.5, 0.6) is 0 Å². The van der Waals surface area contributed by atoms with E-state index in [9.17, 15) is 14.7 Å². The van der Waals surface area contributed by atoms with Crippen molar-refractivity contribution in [2.45, 2.75) is 64.3 Å². The lowest BCUT2D eigenvalue weighted by molar-refractivity contribution is -0.141. The van der Waals surface area contributed by atoms with Gasteiger partial charge in [0.1, 0.15) is 6.04 Å². The Labute approximate surface area is 125 Å². The zero-order valence-electron chi connectivity index (χ0n) is 12.7. The third-order valence-corrected chi connectivity index (χ3v) is 4.86. The molecule has 0 spiro atoms. The van der Waals surface area contributed by atoms with Crippen molar-refractivity contribution < 1.29 is 14.7 Å². The summed E-state index contributed by atoms with van der Waals surface area (Å²) >= 11 is 1.86. The third kappa shape index (κ3) is 4.89. The molecular formula is C14H26N2O3S. The first-order valence-electron chi connectivity index (χ1n) is 7.17. The van der Waals surface area contributed by atoms with Gasteiger partial charge in [-0.1, -0.05) is 34.1 Å². The van der Waals surface area contributed by atoms with Gasteiger partial charge >= 0.3 is 12.0 Å². The first-order valence-corrected chi connectivity index (χ1v) is 8.22. The summed E-state index contributed by atoms with van der Waals surface area (Å²) in [7, 11) is 0. The molecule has 2 amide bonds. The van der Waals surface area contributed by atoms with E-state index in [4.69, 9.17) is 0 Å². The molecule has 0 aromatic heterocycles. The molecule has 0 aromatic carbocycles. The maximum absolute atomic E-state index is 12.0. The van der Waals surface area contributed by atoms with E-state index in [0.29, 0.717) is 5.25 Å².